The molecule has 0 aliphatic rings. The molecular formula is C45H94O3S2Si. The van der Waals surface area contributed by atoms with E-state index < -0.39 is 8.80 Å². The molecule has 0 spiro atoms. The third-order valence-corrected chi connectivity index (χ3v) is 15.1. The van der Waals surface area contributed by atoms with Crippen LogP contribution in [-0.2, 0) is 13.3 Å². The highest BCUT2D eigenvalue weighted by Gasteiger charge is 2.47. The van der Waals surface area contributed by atoms with Crippen molar-refractivity contribution >= 4 is 34.1 Å². The predicted octanol–water partition coefficient (Wildman–Crippen LogP) is 16.2. The van der Waals surface area contributed by atoms with Crippen molar-refractivity contribution in [3.05, 3.63) is 0 Å². The van der Waals surface area contributed by atoms with E-state index in [1.165, 1.54) is 212 Å². The van der Waals surface area contributed by atoms with Crippen molar-refractivity contribution in [1.29, 1.82) is 0 Å². The van der Waals surface area contributed by atoms with E-state index in [2.05, 4.69) is 33.4 Å². The van der Waals surface area contributed by atoms with Gasteiger partial charge in [0.1, 0.15) is 0 Å². The zero-order valence-electron chi connectivity index (χ0n) is 35.2. The molecule has 0 N–H and O–H groups in total. The molecule has 0 heterocycles. The lowest BCUT2D eigenvalue weighted by molar-refractivity contribution is 0.0534. The first-order chi connectivity index (χ1) is 25.2. The van der Waals surface area contributed by atoms with Gasteiger partial charge in [0, 0.05) is 19.8 Å². The maximum atomic E-state index is 6.73. The summed E-state index contributed by atoms with van der Waals surface area (Å²) in [5.74, 6) is 0.787. The Labute approximate surface area is 334 Å². The number of hydrogen-bond donors (Lipinski definition) is 2. The summed E-state index contributed by atoms with van der Waals surface area (Å²) in [5, 5.41) is 0. The fraction of sp³-hybridized carbons (Fsp3) is 1.00. The van der Waals surface area contributed by atoms with Crippen LogP contribution in [0.1, 0.15) is 258 Å². The molecule has 0 aliphatic heterocycles. The Morgan fingerprint density at radius 1 is 0.333 bits per heavy atom. The van der Waals surface area contributed by atoms with Crippen LogP contribution in [0.3, 0.4) is 0 Å². The molecule has 0 bridgehead atoms. The minimum absolute atomic E-state index is 0.00183. The number of unbranched alkanes of at least 4 members (excludes halogenated alkanes) is 33. The second kappa shape index (κ2) is 43.5. The monoisotopic (exact) mass is 775 g/mol. The largest absolute Gasteiger partial charge is 0.514 e. The summed E-state index contributed by atoms with van der Waals surface area (Å²) in [6, 6.07) is 0. The molecule has 0 radical (unpaired) electrons. The lowest BCUT2D eigenvalue weighted by Crippen LogP contribution is -2.55. The zero-order chi connectivity index (χ0) is 37.2. The van der Waals surface area contributed by atoms with Gasteiger partial charge in [-0.1, -0.05) is 233 Å². The molecule has 0 aliphatic carbocycles. The van der Waals surface area contributed by atoms with Gasteiger partial charge < -0.3 is 13.3 Å². The van der Waals surface area contributed by atoms with E-state index >= 15 is 0 Å². The summed E-state index contributed by atoms with van der Waals surface area (Å²) in [6.07, 6.45) is 49.6. The van der Waals surface area contributed by atoms with Gasteiger partial charge in [0.05, 0.1) is 4.87 Å². The lowest BCUT2D eigenvalue weighted by atomic mass is 10.1. The molecular weight excluding hydrogens is 681 g/mol. The molecule has 0 rings (SSSR count). The quantitative estimate of drug-likeness (QED) is 0.0367. The number of thiol groups is 2. The van der Waals surface area contributed by atoms with Crippen molar-refractivity contribution in [2.45, 2.75) is 263 Å². The summed E-state index contributed by atoms with van der Waals surface area (Å²) in [5.41, 5.74) is 0. The molecule has 6 heteroatoms. The van der Waals surface area contributed by atoms with Gasteiger partial charge in [0.25, 0.3) is 0 Å². The van der Waals surface area contributed by atoms with Crippen LogP contribution in [0, 0.1) is 0 Å². The highest BCUT2D eigenvalue weighted by molar-refractivity contribution is 7.83. The second-order valence-corrected chi connectivity index (χ2v) is 20.2. The molecule has 0 aromatic heterocycles. The summed E-state index contributed by atoms with van der Waals surface area (Å²) in [6.45, 7) is 9.12. The van der Waals surface area contributed by atoms with Crippen LogP contribution in [0.25, 0.3) is 0 Å². The van der Waals surface area contributed by atoms with E-state index in [1.807, 2.05) is 0 Å². The third-order valence-electron chi connectivity index (χ3n) is 10.7. The van der Waals surface area contributed by atoms with Crippen LogP contribution in [0.4, 0.5) is 0 Å². The molecule has 308 valence electrons. The van der Waals surface area contributed by atoms with Crippen molar-refractivity contribution in [3.8, 4) is 0 Å². The number of hydrogen-bond acceptors (Lipinski definition) is 5. The summed E-state index contributed by atoms with van der Waals surface area (Å²) < 4.78 is 20.2. The molecule has 1 atom stereocenters. The highest BCUT2D eigenvalue weighted by atomic mass is 32.1. The molecule has 1 unspecified atom stereocenters. The second-order valence-electron chi connectivity index (χ2n) is 15.8. The Kier molecular flexibility index (Phi) is 44.2. The molecule has 0 aromatic carbocycles. The standard InChI is InChI=1S/C45H94O3S2Si/c1-4-7-10-13-16-19-22-25-28-31-34-37-41-46-51(45(50)40-44-49,47-42-38-35-32-29-26-23-20-17-14-11-8-5-2)48-43-39-36-33-30-27-24-21-18-15-12-9-6-3/h45,49-50H,4-44H2,1-3H3. The SMILES string of the molecule is CCCCCCCCCCCCCCO[Si](OCCCCCCCCCCCCCC)(OCCCCCCCCCCCCCC)C(S)CCS. The van der Waals surface area contributed by atoms with Gasteiger partial charge >= 0.3 is 8.80 Å². The molecule has 3 nitrogen and oxygen atoms in total. The van der Waals surface area contributed by atoms with Crippen molar-refractivity contribution in [3.63, 3.8) is 0 Å². The lowest BCUT2D eigenvalue weighted by Gasteiger charge is -2.34. The van der Waals surface area contributed by atoms with Crippen molar-refractivity contribution < 1.29 is 13.3 Å². The van der Waals surface area contributed by atoms with E-state index in [1.54, 1.807) is 0 Å². The zero-order valence-corrected chi connectivity index (χ0v) is 38.0. The fourth-order valence-electron chi connectivity index (χ4n) is 7.19. The van der Waals surface area contributed by atoms with Gasteiger partial charge in [-0.05, 0) is 31.4 Å². The fourth-order valence-corrected chi connectivity index (χ4v) is 11.3. The minimum atomic E-state index is -2.91. The Morgan fingerprint density at radius 3 is 0.725 bits per heavy atom. The first-order valence-electron chi connectivity index (χ1n) is 23.4. The smallest absolute Gasteiger partial charge is 0.373 e. The average Bonchev–Trinajstić information content (AvgIpc) is 3.13. The van der Waals surface area contributed by atoms with Gasteiger partial charge in [-0.3, -0.25) is 0 Å². The Hall–Kier alpha value is 0.797. The van der Waals surface area contributed by atoms with Crippen LogP contribution in [0.2, 0.25) is 0 Å². The van der Waals surface area contributed by atoms with Crippen LogP contribution in [0.15, 0.2) is 0 Å². The first-order valence-corrected chi connectivity index (χ1v) is 26.3. The Bertz CT molecular complexity index is 566. The van der Waals surface area contributed by atoms with E-state index in [9.17, 15) is 0 Å². The van der Waals surface area contributed by atoms with Gasteiger partial charge in [0.15, 0.2) is 0 Å². The topological polar surface area (TPSA) is 27.7 Å². The van der Waals surface area contributed by atoms with Gasteiger partial charge in [-0.2, -0.15) is 25.3 Å². The molecule has 0 saturated carbocycles. The van der Waals surface area contributed by atoms with E-state index in [0.717, 1.165) is 51.3 Å². The van der Waals surface area contributed by atoms with Crippen LogP contribution < -0.4 is 0 Å². The van der Waals surface area contributed by atoms with Crippen molar-refractivity contribution in [2.24, 2.45) is 0 Å². The average molecular weight is 775 g/mol. The van der Waals surface area contributed by atoms with Gasteiger partial charge in [-0.15, -0.1) is 0 Å². The van der Waals surface area contributed by atoms with Crippen LogP contribution >= 0.6 is 25.3 Å². The maximum absolute atomic E-state index is 6.73. The molecule has 0 fully saturated rings. The molecule has 0 amide bonds. The number of rotatable bonds is 45. The summed E-state index contributed by atoms with van der Waals surface area (Å²) in [4.78, 5) is 0.00183. The van der Waals surface area contributed by atoms with E-state index in [0.29, 0.717) is 0 Å². The van der Waals surface area contributed by atoms with Crippen molar-refractivity contribution in [1.82, 2.24) is 0 Å². The van der Waals surface area contributed by atoms with Crippen LogP contribution in [0.5, 0.6) is 0 Å². The first kappa shape index (κ1) is 51.8. The van der Waals surface area contributed by atoms with Crippen molar-refractivity contribution in [2.75, 3.05) is 25.6 Å². The predicted molar refractivity (Wildman–Crippen MR) is 238 cm³/mol. The normalized spacial score (nSPS) is 12.6. The van der Waals surface area contributed by atoms with E-state index in [4.69, 9.17) is 25.9 Å². The van der Waals surface area contributed by atoms with Gasteiger partial charge in [0.2, 0.25) is 0 Å². The van der Waals surface area contributed by atoms with E-state index in [-0.39, 0.29) is 4.87 Å². The highest BCUT2D eigenvalue weighted by Crippen LogP contribution is 2.25. The molecule has 0 aromatic rings. The maximum Gasteiger partial charge on any atom is 0.514 e. The Balaban J connectivity index is 4.58. The summed E-state index contributed by atoms with van der Waals surface area (Å²) in [7, 11) is -2.91. The minimum Gasteiger partial charge on any atom is -0.373 e. The molecule has 0 saturated heterocycles. The van der Waals surface area contributed by atoms with Gasteiger partial charge in [-0.25, -0.2) is 0 Å². The summed E-state index contributed by atoms with van der Waals surface area (Å²) >= 11 is 9.66. The third kappa shape index (κ3) is 36.2. The van der Waals surface area contributed by atoms with Crippen LogP contribution in [-0.4, -0.2) is 39.3 Å². The molecule has 51 heavy (non-hydrogen) atoms. The Morgan fingerprint density at radius 2 is 0.529 bits per heavy atom.